The van der Waals surface area contributed by atoms with Gasteiger partial charge in [-0.05, 0) is 45.5 Å². The highest BCUT2D eigenvalue weighted by molar-refractivity contribution is 5.81. The second-order valence-electron chi connectivity index (χ2n) is 10.8. The van der Waals surface area contributed by atoms with E-state index in [1.165, 1.54) is 0 Å². The predicted molar refractivity (Wildman–Crippen MR) is 152 cm³/mol. The number of aliphatic hydroxyl groups excluding tert-OH is 4. The van der Waals surface area contributed by atoms with Gasteiger partial charge in [-0.3, -0.25) is 4.79 Å². The van der Waals surface area contributed by atoms with Gasteiger partial charge in [0.2, 0.25) is 6.29 Å². The minimum Gasteiger partial charge on any atom is -0.515 e. The molecule has 3 rings (SSSR count). The lowest BCUT2D eigenvalue weighted by atomic mass is 9.83. The van der Waals surface area contributed by atoms with E-state index in [0.29, 0.717) is 37.3 Å². The molecular weight excluding hydrogens is 573 g/mol. The maximum atomic E-state index is 14.0. The molecule has 2 heterocycles. The maximum Gasteiger partial charge on any atom is 0.252 e. The molecule has 0 radical (unpaired) electrons. The molecule has 1 saturated carbocycles. The molecule has 12 atom stereocenters. The van der Waals surface area contributed by atoms with Crippen molar-refractivity contribution in [1.29, 1.82) is 0 Å². The Morgan fingerprint density at radius 1 is 1.19 bits per heavy atom. The molecule has 16 nitrogen and oxygen atoms in total. The summed E-state index contributed by atoms with van der Waals surface area (Å²) in [5.74, 6) is -0.588. The topological polar surface area (TPSA) is 275 Å². The van der Waals surface area contributed by atoms with Gasteiger partial charge in [-0.1, -0.05) is 0 Å². The molecule has 3 unspecified atom stereocenters. The Balaban J connectivity index is 1.85. The number of aliphatic hydroxyl groups is 4. The van der Waals surface area contributed by atoms with E-state index in [1.54, 1.807) is 7.05 Å². The summed E-state index contributed by atoms with van der Waals surface area (Å²) < 4.78 is 37.9. The summed E-state index contributed by atoms with van der Waals surface area (Å²) in [6.45, 7) is 0.498. The number of rotatable bonds is 14. The van der Waals surface area contributed by atoms with Gasteiger partial charge < -0.3 is 78.3 Å². The Morgan fingerprint density at radius 2 is 1.91 bits per heavy atom. The first kappa shape index (κ1) is 35.5. The van der Waals surface area contributed by atoms with Crippen molar-refractivity contribution in [3.63, 3.8) is 0 Å². The molecule has 248 valence electrons. The number of alkyl halides is 1. The minimum atomic E-state index is -2.08. The smallest absolute Gasteiger partial charge is 0.252 e. The first-order valence-corrected chi connectivity index (χ1v) is 14.5. The Hall–Kier alpha value is -2.00. The Kier molecular flexibility index (Phi) is 13.9. The SMILES string of the molecule is CN[C@H]1/C(=C\O)CO[C@H](O[C@H]2[C@H](NC(=O)C(O)C(F)CN)C[C@H](N)C(O[C@H]3OC(CN)=CC[C@H]3NCCCN)[C@@H]2O)[C@@H]1O. The fourth-order valence-electron chi connectivity index (χ4n) is 5.42. The van der Waals surface area contributed by atoms with E-state index in [-0.39, 0.29) is 25.6 Å². The van der Waals surface area contributed by atoms with Crippen molar-refractivity contribution in [3.8, 4) is 0 Å². The van der Waals surface area contributed by atoms with Crippen molar-refractivity contribution in [2.45, 2.75) is 92.7 Å². The van der Waals surface area contributed by atoms with Gasteiger partial charge in [-0.2, -0.15) is 0 Å². The summed E-state index contributed by atoms with van der Waals surface area (Å²) in [5, 5.41) is 50.8. The van der Waals surface area contributed by atoms with Crippen LogP contribution in [0.1, 0.15) is 19.3 Å². The van der Waals surface area contributed by atoms with Crippen molar-refractivity contribution in [2.75, 3.05) is 39.8 Å². The van der Waals surface area contributed by atoms with E-state index in [0.717, 1.165) is 6.26 Å². The zero-order valence-electron chi connectivity index (χ0n) is 24.3. The fraction of sp³-hybridized carbons (Fsp3) is 0.808. The summed E-state index contributed by atoms with van der Waals surface area (Å²) in [4.78, 5) is 12.7. The van der Waals surface area contributed by atoms with E-state index in [1.807, 2.05) is 6.08 Å². The van der Waals surface area contributed by atoms with Gasteiger partial charge >= 0.3 is 0 Å². The van der Waals surface area contributed by atoms with Gasteiger partial charge in [-0.25, -0.2) is 4.39 Å². The van der Waals surface area contributed by atoms with Crippen molar-refractivity contribution in [1.82, 2.24) is 16.0 Å². The van der Waals surface area contributed by atoms with Crippen LogP contribution in [0.25, 0.3) is 0 Å². The van der Waals surface area contributed by atoms with Gasteiger partial charge in [0, 0.05) is 18.2 Å². The minimum absolute atomic E-state index is 0.0396. The van der Waals surface area contributed by atoms with Crippen molar-refractivity contribution >= 4 is 5.91 Å². The number of carbonyl (C=O) groups excluding carboxylic acids is 1. The highest BCUT2D eigenvalue weighted by atomic mass is 19.1. The van der Waals surface area contributed by atoms with E-state index in [9.17, 15) is 29.6 Å². The van der Waals surface area contributed by atoms with Crippen LogP contribution >= 0.6 is 0 Å². The number of amides is 1. The largest absolute Gasteiger partial charge is 0.515 e. The monoisotopic (exact) mass is 621 g/mol. The fourth-order valence-corrected chi connectivity index (χ4v) is 5.42. The first-order chi connectivity index (χ1) is 20.6. The van der Waals surface area contributed by atoms with E-state index < -0.39 is 79.8 Å². The van der Waals surface area contributed by atoms with Gasteiger partial charge in [-0.15, -0.1) is 0 Å². The zero-order valence-corrected chi connectivity index (χ0v) is 24.3. The van der Waals surface area contributed by atoms with Gasteiger partial charge in [0.1, 0.15) is 36.3 Å². The molecule has 0 aromatic carbocycles. The lowest BCUT2D eigenvalue weighted by Gasteiger charge is -2.47. The third-order valence-corrected chi connectivity index (χ3v) is 7.86. The molecule has 0 spiro atoms. The average Bonchev–Trinajstić information content (AvgIpc) is 3.01. The quantitative estimate of drug-likeness (QED) is 0.0646. The first-order valence-electron chi connectivity index (χ1n) is 14.5. The molecule has 1 amide bonds. The average molecular weight is 622 g/mol. The number of hydrogen-bond acceptors (Lipinski definition) is 15. The molecule has 15 N–H and O–H groups in total. The van der Waals surface area contributed by atoms with Crippen molar-refractivity contribution in [3.05, 3.63) is 23.7 Å². The van der Waals surface area contributed by atoms with Crippen LogP contribution in [-0.4, -0.2) is 140 Å². The van der Waals surface area contributed by atoms with E-state index in [2.05, 4.69) is 16.0 Å². The van der Waals surface area contributed by atoms with Crippen LogP contribution in [0, 0.1) is 0 Å². The Bertz CT molecular complexity index is 951. The van der Waals surface area contributed by atoms with Crippen LogP contribution in [0.2, 0.25) is 0 Å². The number of ether oxygens (including phenoxy) is 4. The van der Waals surface area contributed by atoms with Crippen LogP contribution < -0.4 is 38.9 Å². The molecule has 1 saturated heterocycles. The molecule has 17 heteroatoms. The van der Waals surface area contributed by atoms with Crippen LogP contribution in [0.5, 0.6) is 0 Å². The third kappa shape index (κ3) is 8.80. The Morgan fingerprint density at radius 3 is 2.53 bits per heavy atom. The van der Waals surface area contributed by atoms with Gasteiger partial charge in [0.25, 0.3) is 5.91 Å². The highest BCUT2D eigenvalue weighted by Crippen LogP contribution is 2.31. The number of nitrogens with one attached hydrogen (secondary N) is 3. The number of nitrogens with two attached hydrogens (primary N) is 4. The molecule has 3 aliphatic rings. The predicted octanol–water partition coefficient (Wildman–Crippen LogP) is -4.37. The third-order valence-electron chi connectivity index (χ3n) is 7.86. The molecule has 2 aliphatic heterocycles. The normalized spacial score (nSPS) is 37.3. The second kappa shape index (κ2) is 16.9. The van der Waals surface area contributed by atoms with Crippen molar-refractivity contribution < 1.29 is 48.6 Å². The molecule has 2 fully saturated rings. The van der Waals surface area contributed by atoms with Crippen LogP contribution in [0.15, 0.2) is 23.7 Å². The summed E-state index contributed by atoms with van der Waals surface area (Å²) in [7, 11) is 1.57. The Labute approximate surface area is 249 Å². The maximum absolute atomic E-state index is 14.0. The number of hydrogen-bond donors (Lipinski definition) is 11. The summed E-state index contributed by atoms with van der Waals surface area (Å²) >= 11 is 0. The van der Waals surface area contributed by atoms with E-state index in [4.69, 9.17) is 41.9 Å². The number of likely N-dealkylation sites (N-methyl/N-ethyl adjacent to an activating group) is 1. The molecule has 1 aliphatic carbocycles. The van der Waals surface area contributed by atoms with E-state index >= 15 is 0 Å². The summed E-state index contributed by atoms with van der Waals surface area (Å²) in [6, 6.07) is -3.03. The highest BCUT2D eigenvalue weighted by Gasteiger charge is 2.50. The second-order valence-corrected chi connectivity index (χ2v) is 10.8. The molecule has 0 aromatic rings. The summed E-state index contributed by atoms with van der Waals surface area (Å²) in [6.07, 6.45) is -7.77. The standard InChI is InChI=1S/C26H48FN7O9/c1-32-18-12(10-35)11-40-26(20(18)37)43-23-17(34-24(39)19(36)14(27)9-30)7-15(31)22(21(23)38)42-25-16(33-6-2-5-28)4-3-13(8-29)41-25/h3,10,14-23,25-26,32-33,35-38H,2,4-9,11,28-31H2,1H3,(H,34,39)/b12-10-/t14?,15-,16+,17+,18-,19?,20+,21-,22?,23-,25+,26+/m0/s1. The van der Waals surface area contributed by atoms with Crippen LogP contribution in [-0.2, 0) is 23.7 Å². The molecule has 0 aromatic heterocycles. The molecule has 43 heavy (non-hydrogen) atoms. The van der Waals surface area contributed by atoms with Gasteiger partial charge in [0.15, 0.2) is 12.4 Å². The number of halogens is 1. The van der Waals surface area contributed by atoms with Crippen molar-refractivity contribution in [2.24, 2.45) is 22.9 Å². The van der Waals surface area contributed by atoms with Crippen LogP contribution in [0.3, 0.4) is 0 Å². The lowest BCUT2D eigenvalue weighted by molar-refractivity contribution is -0.276. The van der Waals surface area contributed by atoms with Crippen LogP contribution in [0.4, 0.5) is 4.39 Å². The molecule has 0 bridgehead atoms. The van der Waals surface area contributed by atoms with Gasteiger partial charge in [0.05, 0.1) is 37.5 Å². The summed E-state index contributed by atoms with van der Waals surface area (Å²) in [5.41, 5.74) is 23.5. The number of carbonyl (C=O) groups is 1. The molecular formula is C26H48FN7O9. The zero-order chi connectivity index (χ0) is 31.7. The lowest BCUT2D eigenvalue weighted by Crippen LogP contribution is -2.68.